The molecule has 2 aliphatic rings. The highest BCUT2D eigenvalue weighted by Gasteiger charge is 2.40. The second-order valence-corrected chi connectivity index (χ2v) is 13.1. The summed E-state index contributed by atoms with van der Waals surface area (Å²) in [5.41, 5.74) is 3.27. The molecular formula is C30H34N8O3S. The molecule has 2 saturated heterocycles. The SMILES string of the molecule is CN1CC2CC1CN2CCOc1ccc2c(n1)sc1nc(-c3ccc(NC(=O)Nc4cc(C(C)(C)C)on4)cc3)cn12. The number of nitrogens with one attached hydrogen (secondary N) is 2. The number of pyridine rings is 1. The molecule has 0 spiro atoms. The van der Waals surface area contributed by atoms with Crippen molar-refractivity contribution in [2.45, 2.75) is 44.7 Å². The Morgan fingerprint density at radius 1 is 1.10 bits per heavy atom. The Balaban J connectivity index is 0.969. The zero-order valence-corrected chi connectivity index (χ0v) is 24.9. The highest BCUT2D eigenvalue weighted by molar-refractivity contribution is 7.23. The van der Waals surface area contributed by atoms with Crippen LogP contribution in [0.1, 0.15) is 33.0 Å². The molecule has 218 valence electrons. The van der Waals surface area contributed by atoms with Crippen LogP contribution in [-0.2, 0) is 5.41 Å². The maximum Gasteiger partial charge on any atom is 0.324 e. The molecule has 2 N–H and O–H groups in total. The molecule has 0 radical (unpaired) electrons. The van der Waals surface area contributed by atoms with Gasteiger partial charge in [0, 0.05) is 66.7 Å². The van der Waals surface area contributed by atoms with Crippen molar-refractivity contribution in [1.29, 1.82) is 0 Å². The standard InChI is InChI=1S/C30H34N8O3S/c1-30(2,3)24-14-25(35-41-24)33-28(39)31-19-7-5-18(6-8-19)22-17-38-23-9-10-26(34-27(23)42-29(38)32-22)40-12-11-37-16-20-13-21(37)15-36(20)4/h5-10,14,17,20-21H,11-13,15-16H2,1-4H3,(H2,31,33,35,39). The van der Waals surface area contributed by atoms with Gasteiger partial charge in [-0.2, -0.15) is 0 Å². The minimum atomic E-state index is -0.391. The molecule has 2 amide bonds. The van der Waals surface area contributed by atoms with E-state index in [2.05, 4.69) is 37.0 Å². The van der Waals surface area contributed by atoms with E-state index >= 15 is 0 Å². The van der Waals surface area contributed by atoms with Crippen LogP contribution in [0, 0.1) is 0 Å². The highest BCUT2D eigenvalue weighted by Crippen LogP contribution is 2.31. The van der Waals surface area contributed by atoms with Crippen molar-refractivity contribution in [1.82, 2.24) is 29.3 Å². The number of amides is 2. The van der Waals surface area contributed by atoms with Gasteiger partial charge in [-0.05, 0) is 31.7 Å². The van der Waals surface area contributed by atoms with Gasteiger partial charge in [-0.1, -0.05) is 49.4 Å². The predicted molar refractivity (Wildman–Crippen MR) is 164 cm³/mol. The average molecular weight is 587 g/mol. The van der Waals surface area contributed by atoms with Crippen LogP contribution in [0.4, 0.5) is 16.3 Å². The van der Waals surface area contributed by atoms with Gasteiger partial charge in [0.1, 0.15) is 17.2 Å². The number of anilines is 2. The minimum absolute atomic E-state index is 0.189. The van der Waals surface area contributed by atoms with Gasteiger partial charge in [-0.3, -0.25) is 14.6 Å². The van der Waals surface area contributed by atoms with E-state index in [-0.39, 0.29) is 5.41 Å². The van der Waals surface area contributed by atoms with Crippen molar-refractivity contribution in [2.75, 3.05) is 43.9 Å². The Hall–Kier alpha value is -4.00. The molecule has 11 nitrogen and oxygen atoms in total. The summed E-state index contributed by atoms with van der Waals surface area (Å²) in [5.74, 6) is 1.72. The molecule has 2 bridgehead atoms. The Labute approximate surface area is 247 Å². The average Bonchev–Trinajstić information content (AvgIpc) is 3.76. The fraction of sp³-hybridized carbons (Fsp3) is 0.400. The number of ether oxygens (including phenoxy) is 1. The molecule has 12 heteroatoms. The summed E-state index contributed by atoms with van der Waals surface area (Å²) in [6.45, 7) is 9.93. The van der Waals surface area contributed by atoms with Gasteiger partial charge in [-0.15, -0.1) is 0 Å². The topological polar surface area (TPSA) is 113 Å². The fourth-order valence-electron chi connectivity index (χ4n) is 5.77. The van der Waals surface area contributed by atoms with Gasteiger partial charge in [0.25, 0.3) is 0 Å². The van der Waals surface area contributed by atoms with Crippen molar-refractivity contribution in [3.05, 3.63) is 54.4 Å². The number of hydrogen-bond acceptors (Lipinski definition) is 9. The zero-order valence-electron chi connectivity index (χ0n) is 24.1. The molecule has 4 aromatic heterocycles. The number of carbonyl (C=O) groups is 1. The Bertz CT molecular complexity index is 1750. The lowest BCUT2D eigenvalue weighted by molar-refractivity contribution is 0.128. The quantitative estimate of drug-likeness (QED) is 0.264. The number of aromatic nitrogens is 4. The summed E-state index contributed by atoms with van der Waals surface area (Å²) in [5, 5.41) is 9.46. The third-order valence-electron chi connectivity index (χ3n) is 8.12. The molecule has 0 aliphatic carbocycles. The van der Waals surface area contributed by atoms with Gasteiger partial charge < -0.3 is 19.5 Å². The Morgan fingerprint density at radius 3 is 2.64 bits per heavy atom. The maximum atomic E-state index is 12.4. The maximum absolute atomic E-state index is 12.4. The molecule has 6 heterocycles. The Kier molecular flexibility index (Phi) is 6.63. The van der Waals surface area contributed by atoms with Gasteiger partial charge in [0.15, 0.2) is 10.8 Å². The van der Waals surface area contributed by atoms with Gasteiger partial charge >= 0.3 is 6.03 Å². The smallest absolute Gasteiger partial charge is 0.324 e. The first-order valence-corrected chi connectivity index (χ1v) is 15.0. The lowest BCUT2D eigenvalue weighted by Crippen LogP contribution is -2.45. The van der Waals surface area contributed by atoms with Crippen LogP contribution in [0.5, 0.6) is 5.88 Å². The molecule has 0 saturated carbocycles. The van der Waals surface area contributed by atoms with Crippen LogP contribution in [0.2, 0.25) is 0 Å². The summed E-state index contributed by atoms with van der Waals surface area (Å²) in [4.78, 5) is 28.8. The summed E-state index contributed by atoms with van der Waals surface area (Å²) < 4.78 is 13.4. The number of piperazine rings is 1. The molecule has 2 aliphatic heterocycles. The van der Waals surface area contributed by atoms with Gasteiger partial charge in [0.2, 0.25) is 5.88 Å². The van der Waals surface area contributed by atoms with E-state index in [1.54, 1.807) is 17.4 Å². The lowest BCUT2D eigenvalue weighted by Gasteiger charge is -2.31. The number of nitrogens with zero attached hydrogens (tertiary/aromatic N) is 6. The molecule has 2 fully saturated rings. The first-order valence-electron chi connectivity index (χ1n) is 14.2. The number of likely N-dealkylation sites (N-methyl/N-ethyl adjacent to an activating group) is 1. The van der Waals surface area contributed by atoms with Crippen LogP contribution in [-0.4, -0.2) is 80.7 Å². The molecular weight excluding hydrogens is 552 g/mol. The molecule has 2 unspecified atom stereocenters. The van der Waals surface area contributed by atoms with Crippen molar-refractivity contribution in [3.63, 3.8) is 0 Å². The number of likely N-dealkylation sites (tertiary alicyclic amines) is 2. The number of fused-ring (bicyclic) bond motifs is 5. The fourth-order valence-corrected chi connectivity index (χ4v) is 6.74. The molecule has 7 rings (SSSR count). The van der Waals surface area contributed by atoms with Crippen molar-refractivity contribution in [3.8, 4) is 17.1 Å². The van der Waals surface area contributed by atoms with E-state index in [1.807, 2.05) is 63.4 Å². The second-order valence-electron chi connectivity index (χ2n) is 12.2. The van der Waals surface area contributed by atoms with Crippen molar-refractivity contribution >= 4 is 44.2 Å². The lowest BCUT2D eigenvalue weighted by atomic mass is 9.93. The van der Waals surface area contributed by atoms with Crippen LogP contribution >= 0.6 is 11.3 Å². The largest absolute Gasteiger partial charge is 0.476 e. The second kappa shape index (κ2) is 10.4. The number of hydrogen-bond donors (Lipinski definition) is 2. The normalized spacial score (nSPS) is 19.2. The first kappa shape index (κ1) is 26.9. The molecule has 5 aromatic rings. The first-order chi connectivity index (χ1) is 20.2. The van der Waals surface area contributed by atoms with Gasteiger partial charge in [-0.25, -0.2) is 14.8 Å². The zero-order chi connectivity index (χ0) is 29.0. The summed E-state index contributed by atoms with van der Waals surface area (Å²) in [6, 6.07) is 14.3. The molecule has 1 aromatic carbocycles. The minimum Gasteiger partial charge on any atom is -0.476 e. The number of carbonyl (C=O) groups excluding carboxylic acids is 1. The summed E-state index contributed by atoms with van der Waals surface area (Å²) >= 11 is 1.54. The van der Waals surface area contributed by atoms with Crippen LogP contribution < -0.4 is 15.4 Å². The van der Waals surface area contributed by atoms with Crippen molar-refractivity contribution < 1.29 is 14.1 Å². The molecule has 2 atom stereocenters. The van der Waals surface area contributed by atoms with E-state index in [0.717, 1.165) is 46.2 Å². The van der Waals surface area contributed by atoms with Crippen LogP contribution in [0.25, 0.3) is 26.6 Å². The molecule has 42 heavy (non-hydrogen) atoms. The third-order valence-corrected chi connectivity index (χ3v) is 9.09. The monoisotopic (exact) mass is 586 g/mol. The summed E-state index contributed by atoms with van der Waals surface area (Å²) in [6.07, 6.45) is 3.29. The van der Waals surface area contributed by atoms with E-state index in [9.17, 15) is 4.79 Å². The highest BCUT2D eigenvalue weighted by atomic mass is 32.1. The van der Waals surface area contributed by atoms with Crippen molar-refractivity contribution in [2.24, 2.45) is 0 Å². The summed E-state index contributed by atoms with van der Waals surface area (Å²) in [7, 11) is 2.22. The van der Waals surface area contributed by atoms with Crippen LogP contribution in [0.3, 0.4) is 0 Å². The van der Waals surface area contributed by atoms with E-state index < -0.39 is 6.03 Å². The van der Waals surface area contributed by atoms with Gasteiger partial charge in [0.05, 0.1) is 11.2 Å². The number of thiazole rings is 1. The number of imidazole rings is 1. The van der Waals surface area contributed by atoms with Crippen LogP contribution in [0.15, 0.2) is 53.2 Å². The third kappa shape index (κ3) is 5.21. The van der Waals surface area contributed by atoms with E-state index in [0.29, 0.717) is 41.8 Å². The van der Waals surface area contributed by atoms with E-state index in [1.165, 1.54) is 6.42 Å². The number of rotatable bonds is 7. The number of urea groups is 1. The Morgan fingerprint density at radius 2 is 1.93 bits per heavy atom. The van der Waals surface area contributed by atoms with E-state index in [4.69, 9.17) is 19.2 Å². The predicted octanol–water partition coefficient (Wildman–Crippen LogP) is 5.31. The number of benzene rings is 1.